The molecule has 0 aliphatic heterocycles. The average molecular weight is 291 g/mol. The predicted molar refractivity (Wildman–Crippen MR) is 76.6 cm³/mol. The quantitative estimate of drug-likeness (QED) is 0.704. The van der Waals surface area contributed by atoms with Crippen LogP contribution in [-0.2, 0) is 11.3 Å². The summed E-state index contributed by atoms with van der Waals surface area (Å²) in [4.78, 5) is 23.9. The first-order valence-electron chi connectivity index (χ1n) is 6.43. The fourth-order valence-electron chi connectivity index (χ4n) is 1.60. The third kappa shape index (κ3) is 3.34. The summed E-state index contributed by atoms with van der Waals surface area (Å²) in [5, 5.41) is 21.4. The van der Waals surface area contributed by atoms with Gasteiger partial charge in [0.1, 0.15) is 17.4 Å². The van der Waals surface area contributed by atoms with Gasteiger partial charge in [0.25, 0.3) is 0 Å². The number of fused-ring (bicyclic) bond motifs is 1. The van der Waals surface area contributed by atoms with E-state index < -0.39 is 6.10 Å². The number of nitrogens with one attached hydrogen (secondary N) is 1. The summed E-state index contributed by atoms with van der Waals surface area (Å²) in [6.07, 6.45) is 1.83. The van der Waals surface area contributed by atoms with Crippen molar-refractivity contribution in [3.05, 3.63) is 24.9 Å². The van der Waals surface area contributed by atoms with Crippen LogP contribution in [0.5, 0.6) is 0 Å². The number of hydrogen-bond donors (Lipinski definition) is 3. The van der Waals surface area contributed by atoms with Gasteiger partial charge in [-0.1, -0.05) is 20.4 Å². The molecule has 2 heterocycles. The maximum Gasteiger partial charge on any atom is 0.231 e. The van der Waals surface area contributed by atoms with Crippen LogP contribution in [0.25, 0.3) is 11.2 Å². The molecule has 8 heteroatoms. The third-order valence-corrected chi connectivity index (χ3v) is 2.87. The molecule has 0 aliphatic rings. The van der Waals surface area contributed by atoms with Crippen molar-refractivity contribution in [2.24, 2.45) is 5.92 Å². The second-order valence-corrected chi connectivity index (χ2v) is 4.95. The molecule has 0 bridgehead atoms. The number of imidazole rings is 1. The molecule has 0 saturated heterocycles. The first kappa shape index (κ1) is 14.9. The van der Waals surface area contributed by atoms with E-state index in [1.807, 2.05) is 0 Å². The van der Waals surface area contributed by atoms with Gasteiger partial charge in [0.15, 0.2) is 5.65 Å². The highest BCUT2D eigenvalue weighted by Gasteiger charge is 2.14. The number of carbonyl (C=O) groups excluding carboxylic acids is 1. The predicted octanol–water partition coefficient (Wildman–Crippen LogP) is 0.853. The molecule has 2 aromatic heterocycles. The Balaban J connectivity index is 2.28. The van der Waals surface area contributed by atoms with Crippen molar-refractivity contribution in [3.8, 4) is 0 Å². The number of amides is 1. The summed E-state index contributed by atoms with van der Waals surface area (Å²) in [7, 11) is 0. The van der Waals surface area contributed by atoms with Crippen molar-refractivity contribution in [2.75, 3.05) is 5.32 Å². The topological polar surface area (TPSA) is 113 Å². The van der Waals surface area contributed by atoms with E-state index in [1.54, 1.807) is 18.4 Å². The summed E-state index contributed by atoms with van der Waals surface area (Å²) in [6, 6.07) is 0. The van der Waals surface area contributed by atoms with Gasteiger partial charge < -0.3 is 14.8 Å². The molecule has 0 fully saturated rings. The number of hydrogen-bond acceptors (Lipinski definition) is 6. The second-order valence-electron chi connectivity index (χ2n) is 4.95. The van der Waals surface area contributed by atoms with Gasteiger partial charge in [-0.2, -0.15) is 4.98 Å². The molecule has 0 aromatic carbocycles. The van der Waals surface area contributed by atoms with Gasteiger partial charge >= 0.3 is 0 Å². The van der Waals surface area contributed by atoms with Gasteiger partial charge in [-0.3, -0.25) is 10.1 Å². The molecule has 0 saturated carbocycles. The largest absolute Gasteiger partial charge is 0.510 e. The Kier molecular flexibility index (Phi) is 4.18. The van der Waals surface area contributed by atoms with E-state index in [9.17, 15) is 9.90 Å². The molecule has 2 rings (SSSR count). The monoisotopic (exact) mass is 291 g/mol. The average Bonchev–Trinajstić information content (AvgIpc) is 2.81. The highest BCUT2D eigenvalue weighted by atomic mass is 16.3. The molecule has 0 spiro atoms. The molecule has 112 valence electrons. The van der Waals surface area contributed by atoms with E-state index in [4.69, 9.17) is 5.11 Å². The molecule has 21 heavy (non-hydrogen) atoms. The van der Waals surface area contributed by atoms with E-state index in [0.717, 1.165) is 0 Å². The fourth-order valence-corrected chi connectivity index (χ4v) is 1.60. The highest BCUT2D eigenvalue weighted by molar-refractivity contribution is 5.91. The Morgan fingerprint density at radius 3 is 2.81 bits per heavy atom. The van der Waals surface area contributed by atoms with Crippen LogP contribution in [0.1, 0.15) is 13.8 Å². The molecule has 1 amide bonds. The van der Waals surface area contributed by atoms with Gasteiger partial charge in [0.05, 0.1) is 19.1 Å². The molecule has 0 unspecified atom stereocenters. The van der Waals surface area contributed by atoms with Crippen LogP contribution in [-0.4, -0.2) is 41.7 Å². The lowest BCUT2D eigenvalue weighted by atomic mass is 10.2. The van der Waals surface area contributed by atoms with Crippen LogP contribution in [0.15, 0.2) is 24.9 Å². The van der Waals surface area contributed by atoms with Crippen LogP contribution in [0, 0.1) is 5.92 Å². The molecule has 3 N–H and O–H groups in total. The normalized spacial score (nSPS) is 12.6. The van der Waals surface area contributed by atoms with Crippen LogP contribution in [0.2, 0.25) is 0 Å². The maximum atomic E-state index is 11.6. The van der Waals surface area contributed by atoms with Crippen LogP contribution in [0.4, 0.5) is 5.95 Å². The lowest BCUT2D eigenvalue weighted by Gasteiger charge is -2.10. The lowest BCUT2D eigenvalue weighted by molar-refractivity contribution is -0.118. The molecule has 2 aromatic rings. The van der Waals surface area contributed by atoms with E-state index >= 15 is 0 Å². The minimum absolute atomic E-state index is 0.0560. The summed E-state index contributed by atoms with van der Waals surface area (Å²) in [6.45, 7) is 6.86. The first-order chi connectivity index (χ1) is 9.88. The van der Waals surface area contributed by atoms with Gasteiger partial charge in [0.2, 0.25) is 11.9 Å². The van der Waals surface area contributed by atoms with E-state index in [1.165, 1.54) is 12.5 Å². The Bertz CT molecular complexity index is 679. The second kappa shape index (κ2) is 5.88. The van der Waals surface area contributed by atoms with Gasteiger partial charge in [-0.05, 0) is 0 Å². The first-order valence-corrected chi connectivity index (χ1v) is 6.43. The zero-order chi connectivity index (χ0) is 15.6. The lowest BCUT2D eigenvalue weighted by Crippen LogP contribution is -2.20. The summed E-state index contributed by atoms with van der Waals surface area (Å²) < 4.78 is 1.55. The molecule has 8 nitrogen and oxygen atoms in total. The van der Waals surface area contributed by atoms with Crippen molar-refractivity contribution in [2.45, 2.75) is 26.5 Å². The number of aromatic nitrogens is 4. The smallest absolute Gasteiger partial charge is 0.231 e. The van der Waals surface area contributed by atoms with E-state index in [0.29, 0.717) is 11.2 Å². The summed E-state index contributed by atoms with van der Waals surface area (Å²) in [5.41, 5.74) is 0.970. The number of carbonyl (C=O) groups is 1. The van der Waals surface area contributed by atoms with E-state index in [-0.39, 0.29) is 30.1 Å². The van der Waals surface area contributed by atoms with Crippen LogP contribution in [0.3, 0.4) is 0 Å². The molecular formula is C13H17N5O3. The Labute approximate surface area is 121 Å². The van der Waals surface area contributed by atoms with Gasteiger partial charge in [0, 0.05) is 5.92 Å². The SMILES string of the molecule is C=C(O)[C@@H](O)Cn1cnc2cnc(NC(=O)C(C)C)nc21. The number of anilines is 1. The number of aliphatic hydroxyl groups is 2. The number of aliphatic hydroxyl groups excluding tert-OH is 2. The Hall–Kier alpha value is -2.48. The van der Waals surface area contributed by atoms with Crippen LogP contribution >= 0.6 is 0 Å². The van der Waals surface area contributed by atoms with Crippen molar-refractivity contribution in [3.63, 3.8) is 0 Å². The zero-order valence-corrected chi connectivity index (χ0v) is 11.8. The van der Waals surface area contributed by atoms with Crippen molar-refractivity contribution < 1.29 is 15.0 Å². The molecular weight excluding hydrogens is 274 g/mol. The fraction of sp³-hybridized carbons (Fsp3) is 0.385. The number of rotatable bonds is 5. The Morgan fingerprint density at radius 1 is 1.48 bits per heavy atom. The van der Waals surface area contributed by atoms with Crippen molar-refractivity contribution in [1.29, 1.82) is 0 Å². The van der Waals surface area contributed by atoms with E-state index in [2.05, 4.69) is 26.8 Å². The van der Waals surface area contributed by atoms with Gasteiger partial charge in [-0.15, -0.1) is 0 Å². The zero-order valence-electron chi connectivity index (χ0n) is 11.8. The highest BCUT2D eigenvalue weighted by Crippen LogP contribution is 2.13. The van der Waals surface area contributed by atoms with Gasteiger partial charge in [-0.25, -0.2) is 9.97 Å². The molecule has 0 aliphatic carbocycles. The Morgan fingerprint density at radius 2 is 2.19 bits per heavy atom. The van der Waals surface area contributed by atoms with Crippen LogP contribution < -0.4 is 5.32 Å². The number of nitrogens with zero attached hydrogens (tertiary/aromatic N) is 4. The minimum Gasteiger partial charge on any atom is -0.510 e. The molecule has 1 atom stereocenters. The third-order valence-electron chi connectivity index (χ3n) is 2.87. The maximum absolute atomic E-state index is 11.6. The van der Waals surface area contributed by atoms with Crippen molar-refractivity contribution in [1.82, 2.24) is 19.5 Å². The van der Waals surface area contributed by atoms with Crippen molar-refractivity contribution >= 4 is 23.0 Å². The summed E-state index contributed by atoms with van der Waals surface area (Å²) in [5.74, 6) is -0.544. The summed E-state index contributed by atoms with van der Waals surface area (Å²) >= 11 is 0. The standard InChI is InChI=1S/C13H17N5O3/c1-7(2)12(21)17-13-14-4-9-11(16-13)18(6-15-9)5-10(20)8(3)19/h4,6-7,10,19-20H,3,5H2,1-2H3,(H,14,16,17,21)/t10-/m0/s1. The minimum atomic E-state index is -1.12. The molecule has 0 radical (unpaired) electrons.